The average molecular weight is 191 g/mol. The van der Waals surface area contributed by atoms with E-state index in [0.29, 0.717) is 5.92 Å². The molecule has 74 valence electrons. The second-order valence-electron chi connectivity index (χ2n) is 3.65. The van der Waals surface area contributed by atoms with Crippen molar-refractivity contribution in [1.29, 1.82) is 0 Å². The van der Waals surface area contributed by atoms with Crippen LogP contribution in [-0.2, 0) is 0 Å². The first kappa shape index (κ1) is 9.12. The van der Waals surface area contributed by atoms with Crippen LogP contribution in [-0.4, -0.2) is 15.9 Å². The van der Waals surface area contributed by atoms with Gasteiger partial charge in [-0.1, -0.05) is 12.8 Å². The Hall–Kier alpha value is -1.45. The van der Waals surface area contributed by atoms with Crippen molar-refractivity contribution in [3.8, 4) is 0 Å². The molecule has 0 spiro atoms. The molecule has 1 aliphatic rings. The van der Waals surface area contributed by atoms with Crippen molar-refractivity contribution in [2.45, 2.75) is 31.6 Å². The van der Waals surface area contributed by atoms with Crippen molar-refractivity contribution in [2.24, 2.45) is 5.73 Å². The molecule has 2 N–H and O–H groups in total. The number of rotatable bonds is 2. The molecule has 0 bridgehead atoms. The van der Waals surface area contributed by atoms with Crippen molar-refractivity contribution in [3.05, 3.63) is 23.8 Å². The van der Waals surface area contributed by atoms with Crippen LogP contribution in [0, 0.1) is 0 Å². The number of nitrogens with two attached hydrogens (primary N) is 1. The number of amides is 1. The Labute approximate surface area is 82.6 Å². The zero-order valence-corrected chi connectivity index (χ0v) is 7.94. The van der Waals surface area contributed by atoms with Crippen molar-refractivity contribution in [3.63, 3.8) is 0 Å². The molecule has 1 saturated carbocycles. The Morgan fingerprint density at radius 1 is 1.43 bits per heavy atom. The fraction of sp³-hybridized carbons (Fsp3) is 0.500. The second-order valence-corrected chi connectivity index (χ2v) is 3.65. The summed E-state index contributed by atoms with van der Waals surface area (Å²) in [5, 5.41) is 0. The van der Waals surface area contributed by atoms with E-state index in [1.165, 1.54) is 12.8 Å². The molecular weight excluding hydrogens is 178 g/mol. The topological polar surface area (TPSA) is 68.9 Å². The highest BCUT2D eigenvalue weighted by Crippen LogP contribution is 2.32. The molecule has 0 radical (unpaired) electrons. The third-order valence-corrected chi connectivity index (χ3v) is 2.67. The van der Waals surface area contributed by atoms with Gasteiger partial charge >= 0.3 is 0 Å². The van der Waals surface area contributed by atoms with Crippen molar-refractivity contribution >= 4 is 5.91 Å². The Balaban J connectivity index is 2.25. The van der Waals surface area contributed by atoms with Gasteiger partial charge in [0.05, 0.1) is 0 Å². The highest BCUT2D eigenvalue weighted by Gasteiger charge is 2.19. The maximum Gasteiger partial charge on any atom is 0.286 e. The summed E-state index contributed by atoms with van der Waals surface area (Å²) in [5.74, 6) is 0.0790. The van der Waals surface area contributed by atoms with E-state index in [1.54, 1.807) is 6.20 Å². The van der Waals surface area contributed by atoms with Crippen LogP contribution in [0.1, 0.15) is 47.9 Å². The lowest BCUT2D eigenvalue weighted by Crippen LogP contribution is -2.16. The Kier molecular flexibility index (Phi) is 2.43. The van der Waals surface area contributed by atoms with Gasteiger partial charge in [-0.05, 0) is 18.9 Å². The van der Waals surface area contributed by atoms with Crippen LogP contribution < -0.4 is 5.73 Å². The Morgan fingerprint density at radius 3 is 2.79 bits per heavy atom. The fourth-order valence-electron chi connectivity index (χ4n) is 1.94. The summed E-state index contributed by atoms with van der Waals surface area (Å²) in [7, 11) is 0. The van der Waals surface area contributed by atoms with E-state index >= 15 is 0 Å². The molecule has 1 heterocycles. The molecule has 4 heteroatoms. The SMILES string of the molecule is NC(=O)c1nccc(C2CCCC2)n1. The van der Waals surface area contributed by atoms with Gasteiger partial charge in [0, 0.05) is 17.8 Å². The molecule has 1 aliphatic carbocycles. The molecule has 14 heavy (non-hydrogen) atoms. The van der Waals surface area contributed by atoms with Crippen molar-refractivity contribution in [1.82, 2.24) is 9.97 Å². The number of primary amides is 1. The molecule has 2 rings (SSSR count). The summed E-state index contributed by atoms with van der Waals surface area (Å²) in [6.07, 6.45) is 6.44. The summed E-state index contributed by atoms with van der Waals surface area (Å²) in [4.78, 5) is 18.9. The minimum absolute atomic E-state index is 0.134. The van der Waals surface area contributed by atoms with Gasteiger partial charge in [0.25, 0.3) is 5.91 Å². The fourth-order valence-corrected chi connectivity index (χ4v) is 1.94. The Bertz CT molecular complexity index is 345. The van der Waals surface area contributed by atoms with Gasteiger partial charge in [0.1, 0.15) is 0 Å². The summed E-state index contributed by atoms with van der Waals surface area (Å²) in [6.45, 7) is 0. The molecule has 1 aromatic rings. The van der Waals surface area contributed by atoms with E-state index < -0.39 is 5.91 Å². The zero-order valence-electron chi connectivity index (χ0n) is 7.94. The quantitative estimate of drug-likeness (QED) is 0.764. The van der Waals surface area contributed by atoms with Gasteiger partial charge < -0.3 is 5.73 Å². The maximum atomic E-state index is 10.9. The number of aromatic nitrogens is 2. The van der Waals surface area contributed by atoms with Gasteiger partial charge in [0.15, 0.2) is 0 Å². The molecule has 0 aromatic carbocycles. The molecule has 0 atom stereocenters. The number of carbonyl (C=O) groups excluding carboxylic acids is 1. The van der Waals surface area contributed by atoms with Gasteiger partial charge in [-0.3, -0.25) is 4.79 Å². The lowest BCUT2D eigenvalue weighted by Gasteiger charge is -2.07. The maximum absolute atomic E-state index is 10.9. The van der Waals surface area contributed by atoms with Gasteiger partial charge in [-0.2, -0.15) is 0 Å². The van der Waals surface area contributed by atoms with Crippen LogP contribution >= 0.6 is 0 Å². The van der Waals surface area contributed by atoms with Crippen LogP contribution in [0.3, 0.4) is 0 Å². The van der Waals surface area contributed by atoms with Gasteiger partial charge in [-0.25, -0.2) is 9.97 Å². The monoisotopic (exact) mass is 191 g/mol. The first-order valence-electron chi connectivity index (χ1n) is 4.90. The lowest BCUT2D eigenvalue weighted by molar-refractivity contribution is 0.0990. The van der Waals surface area contributed by atoms with Crippen LogP contribution in [0.4, 0.5) is 0 Å². The van der Waals surface area contributed by atoms with Crippen LogP contribution in [0.5, 0.6) is 0 Å². The first-order chi connectivity index (χ1) is 6.77. The molecule has 4 nitrogen and oxygen atoms in total. The smallest absolute Gasteiger partial charge is 0.286 e. The summed E-state index contributed by atoms with van der Waals surface area (Å²) in [5.41, 5.74) is 6.08. The number of hydrogen-bond acceptors (Lipinski definition) is 3. The van der Waals surface area contributed by atoms with Crippen molar-refractivity contribution in [2.75, 3.05) is 0 Å². The van der Waals surface area contributed by atoms with Crippen LogP contribution in [0.15, 0.2) is 12.3 Å². The van der Waals surface area contributed by atoms with Crippen molar-refractivity contribution < 1.29 is 4.79 Å². The lowest BCUT2D eigenvalue weighted by atomic mass is 10.0. The molecule has 1 amide bonds. The first-order valence-corrected chi connectivity index (χ1v) is 4.90. The minimum Gasteiger partial charge on any atom is -0.363 e. The van der Waals surface area contributed by atoms with Crippen LogP contribution in [0.25, 0.3) is 0 Å². The van der Waals surface area contributed by atoms with Gasteiger partial charge in [0.2, 0.25) is 5.82 Å². The second kappa shape index (κ2) is 3.74. The zero-order chi connectivity index (χ0) is 9.97. The average Bonchev–Trinajstić information content (AvgIpc) is 2.71. The molecule has 1 fully saturated rings. The minimum atomic E-state index is -0.551. The molecule has 1 aromatic heterocycles. The summed E-state index contributed by atoms with van der Waals surface area (Å²) < 4.78 is 0. The molecule has 0 unspecified atom stereocenters. The predicted molar refractivity (Wildman–Crippen MR) is 51.8 cm³/mol. The molecule has 0 aliphatic heterocycles. The van der Waals surface area contributed by atoms with E-state index in [9.17, 15) is 4.79 Å². The summed E-state index contributed by atoms with van der Waals surface area (Å²) in [6, 6.07) is 1.88. The van der Waals surface area contributed by atoms with Gasteiger partial charge in [-0.15, -0.1) is 0 Å². The number of nitrogens with zero attached hydrogens (tertiary/aromatic N) is 2. The van der Waals surface area contributed by atoms with E-state index in [2.05, 4.69) is 9.97 Å². The van der Waals surface area contributed by atoms with E-state index in [-0.39, 0.29) is 5.82 Å². The van der Waals surface area contributed by atoms with E-state index in [4.69, 9.17) is 5.73 Å². The van der Waals surface area contributed by atoms with Crippen LogP contribution in [0.2, 0.25) is 0 Å². The highest BCUT2D eigenvalue weighted by molar-refractivity contribution is 5.88. The van der Waals surface area contributed by atoms with E-state index in [0.717, 1.165) is 18.5 Å². The largest absolute Gasteiger partial charge is 0.363 e. The summed E-state index contributed by atoms with van der Waals surface area (Å²) >= 11 is 0. The standard InChI is InChI=1S/C10H13N3O/c11-9(14)10-12-6-5-8(13-10)7-3-1-2-4-7/h5-7H,1-4H2,(H2,11,14). The van der Waals surface area contributed by atoms with E-state index in [1.807, 2.05) is 6.07 Å². The third-order valence-electron chi connectivity index (χ3n) is 2.67. The normalized spacial score (nSPS) is 17.1. The highest BCUT2D eigenvalue weighted by atomic mass is 16.1. The number of carbonyl (C=O) groups is 1. The third kappa shape index (κ3) is 1.73. The number of hydrogen-bond donors (Lipinski definition) is 1. The molecule has 0 saturated heterocycles. The Morgan fingerprint density at radius 2 is 2.14 bits per heavy atom. The predicted octanol–water partition coefficient (Wildman–Crippen LogP) is 1.23. The molecular formula is C10H13N3O.